The number of amides is 2. The zero-order valence-electron chi connectivity index (χ0n) is 12.8. The van der Waals surface area contributed by atoms with Gasteiger partial charge in [-0.05, 0) is 18.8 Å². The third-order valence-electron chi connectivity index (χ3n) is 4.81. The van der Waals surface area contributed by atoms with Crippen LogP contribution in [0.1, 0.15) is 46.0 Å². The maximum atomic E-state index is 12.9. The number of piperazine rings is 1. The molecule has 2 fully saturated rings. The first-order valence-electron chi connectivity index (χ1n) is 7.68. The summed E-state index contributed by atoms with van der Waals surface area (Å²) in [6, 6.07) is -0.353. The van der Waals surface area contributed by atoms with Gasteiger partial charge in [-0.3, -0.25) is 9.59 Å². The van der Waals surface area contributed by atoms with Crippen LogP contribution < -0.4 is 5.32 Å². The highest BCUT2D eigenvalue weighted by Crippen LogP contribution is 2.36. The van der Waals surface area contributed by atoms with Gasteiger partial charge in [-0.15, -0.1) is 0 Å². The quantitative estimate of drug-likeness (QED) is 0.827. The number of ether oxygens (including phenoxy) is 1. The molecule has 0 aromatic carbocycles. The highest BCUT2D eigenvalue weighted by molar-refractivity contribution is 6.00. The molecule has 5 heteroatoms. The van der Waals surface area contributed by atoms with E-state index < -0.39 is 5.54 Å². The van der Waals surface area contributed by atoms with Crippen LogP contribution in [-0.4, -0.2) is 48.6 Å². The normalized spacial score (nSPS) is 26.9. The number of methoxy groups -OCH3 is 1. The van der Waals surface area contributed by atoms with Gasteiger partial charge in [0.25, 0.3) is 0 Å². The number of nitrogens with zero attached hydrogens (tertiary/aromatic N) is 1. The molecule has 1 spiro atoms. The fourth-order valence-electron chi connectivity index (χ4n) is 3.44. The monoisotopic (exact) mass is 282 g/mol. The minimum absolute atomic E-state index is 0.0111. The van der Waals surface area contributed by atoms with Crippen molar-refractivity contribution in [3.8, 4) is 0 Å². The van der Waals surface area contributed by atoms with Crippen LogP contribution in [0.15, 0.2) is 0 Å². The van der Waals surface area contributed by atoms with Gasteiger partial charge in [0.05, 0.1) is 6.61 Å². The van der Waals surface area contributed by atoms with Crippen LogP contribution in [0, 0.1) is 5.92 Å². The Morgan fingerprint density at radius 2 is 2.05 bits per heavy atom. The van der Waals surface area contributed by atoms with E-state index in [0.29, 0.717) is 13.2 Å². The van der Waals surface area contributed by atoms with Crippen LogP contribution in [0.25, 0.3) is 0 Å². The first kappa shape index (κ1) is 15.3. The van der Waals surface area contributed by atoms with Crippen molar-refractivity contribution in [1.29, 1.82) is 0 Å². The molecule has 1 aliphatic heterocycles. The van der Waals surface area contributed by atoms with E-state index >= 15 is 0 Å². The number of rotatable bonds is 5. The molecule has 2 aliphatic rings. The van der Waals surface area contributed by atoms with Crippen LogP contribution in [0.3, 0.4) is 0 Å². The van der Waals surface area contributed by atoms with Crippen LogP contribution in [0.2, 0.25) is 0 Å². The lowest BCUT2D eigenvalue weighted by Crippen LogP contribution is -2.71. The van der Waals surface area contributed by atoms with Crippen LogP contribution in [-0.2, 0) is 14.3 Å². The largest absolute Gasteiger partial charge is 0.383 e. The summed E-state index contributed by atoms with van der Waals surface area (Å²) in [5, 5.41) is 3.04. The molecule has 1 heterocycles. The Labute approximate surface area is 121 Å². The van der Waals surface area contributed by atoms with Gasteiger partial charge in [0, 0.05) is 13.7 Å². The Morgan fingerprint density at radius 3 is 2.60 bits per heavy atom. The molecule has 1 saturated heterocycles. The van der Waals surface area contributed by atoms with E-state index in [0.717, 1.165) is 32.1 Å². The third-order valence-corrected chi connectivity index (χ3v) is 4.81. The fraction of sp³-hybridized carbons (Fsp3) is 0.867. The number of carbonyl (C=O) groups excluding carboxylic acids is 2. The zero-order chi connectivity index (χ0) is 14.8. The van der Waals surface area contributed by atoms with E-state index in [4.69, 9.17) is 4.74 Å². The van der Waals surface area contributed by atoms with Crippen LogP contribution in [0.4, 0.5) is 0 Å². The number of hydrogen-bond acceptors (Lipinski definition) is 3. The summed E-state index contributed by atoms with van der Waals surface area (Å²) in [6.45, 7) is 5.06. The van der Waals surface area contributed by atoms with E-state index in [2.05, 4.69) is 12.2 Å². The summed E-state index contributed by atoms with van der Waals surface area (Å²) in [6.07, 6.45) is 4.45. The van der Waals surface area contributed by atoms with E-state index in [1.807, 2.05) is 6.92 Å². The summed E-state index contributed by atoms with van der Waals surface area (Å²) >= 11 is 0. The van der Waals surface area contributed by atoms with Crippen molar-refractivity contribution in [3.05, 3.63) is 0 Å². The van der Waals surface area contributed by atoms with Gasteiger partial charge in [-0.25, -0.2) is 0 Å². The standard InChI is InChI=1S/C15H26N2O3/c1-4-11(2)12-13(18)16-15(7-5-6-8-15)14(19)17(12)9-10-20-3/h11-12H,4-10H2,1-3H3,(H,16,18). The molecule has 5 nitrogen and oxygen atoms in total. The lowest BCUT2D eigenvalue weighted by Gasteiger charge is -2.46. The predicted molar refractivity (Wildman–Crippen MR) is 76.2 cm³/mol. The Bertz CT molecular complexity index is 377. The first-order valence-corrected chi connectivity index (χ1v) is 7.68. The molecule has 0 bridgehead atoms. The second-order valence-electron chi connectivity index (χ2n) is 6.10. The van der Waals surface area contributed by atoms with Gasteiger partial charge >= 0.3 is 0 Å². The van der Waals surface area contributed by atoms with E-state index in [-0.39, 0.29) is 23.8 Å². The van der Waals surface area contributed by atoms with Crippen LogP contribution in [0.5, 0.6) is 0 Å². The minimum atomic E-state index is -0.630. The van der Waals surface area contributed by atoms with E-state index in [9.17, 15) is 9.59 Å². The lowest BCUT2D eigenvalue weighted by atomic mass is 9.86. The second kappa shape index (κ2) is 6.12. The molecule has 1 saturated carbocycles. The average Bonchev–Trinajstić information content (AvgIpc) is 2.90. The van der Waals surface area contributed by atoms with Gasteiger partial charge in [-0.2, -0.15) is 0 Å². The van der Waals surface area contributed by atoms with Crippen molar-refractivity contribution in [1.82, 2.24) is 10.2 Å². The van der Waals surface area contributed by atoms with Crippen molar-refractivity contribution >= 4 is 11.8 Å². The molecule has 0 aromatic rings. The second-order valence-corrected chi connectivity index (χ2v) is 6.10. The van der Waals surface area contributed by atoms with E-state index in [1.54, 1.807) is 12.0 Å². The minimum Gasteiger partial charge on any atom is -0.383 e. The first-order chi connectivity index (χ1) is 9.55. The van der Waals surface area contributed by atoms with Gasteiger partial charge < -0.3 is 15.0 Å². The Kier molecular flexibility index (Phi) is 4.68. The van der Waals surface area contributed by atoms with Gasteiger partial charge in [0.1, 0.15) is 11.6 Å². The van der Waals surface area contributed by atoms with Gasteiger partial charge in [0.2, 0.25) is 11.8 Å². The van der Waals surface area contributed by atoms with Gasteiger partial charge in [-0.1, -0.05) is 33.1 Å². The topological polar surface area (TPSA) is 58.6 Å². The van der Waals surface area contributed by atoms with Crippen molar-refractivity contribution in [3.63, 3.8) is 0 Å². The number of nitrogens with one attached hydrogen (secondary N) is 1. The summed E-state index contributed by atoms with van der Waals surface area (Å²) in [7, 11) is 1.62. The molecule has 1 N–H and O–H groups in total. The Balaban J connectivity index is 2.25. The molecule has 114 valence electrons. The van der Waals surface area contributed by atoms with Crippen molar-refractivity contribution in [2.75, 3.05) is 20.3 Å². The molecule has 0 radical (unpaired) electrons. The Hall–Kier alpha value is -1.10. The van der Waals surface area contributed by atoms with Gasteiger partial charge in [0.15, 0.2) is 0 Å². The highest BCUT2D eigenvalue weighted by Gasteiger charge is 2.52. The van der Waals surface area contributed by atoms with Crippen molar-refractivity contribution < 1.29 is 14.3 Å². The maximum Gasteiger partial charge on any atom is 0.249 e. The molecule has 0 aromatic heterocycles. The zero-order valence-corrected chi connectivity index (χ0v) is 12.8. The molecule has 2 unspecified atom stereocenters. The number of hydrogen-bond donors (Lipinski definition) is 1. The molecular formula is C15H26N2O3. The Morgan fingerprint density at radius 1 is 1.40 bits per heavy atom. The number of carbonyl (C=O) groups is 2. The fourth-order valence-corrected chi connectivity index (χ4v) is 3.44. The van der Waals surface area contributed by atoms with Crippen molar-refractivity contribution in [2.45, 2.75) is 57.5 Å². The molecule has 1 aliphatic carbocycles. The molecule has 20 heavy (non-hydrogen) atoms. The lowest BCUT2D eigenvalue weighted by molar-refractivity contribution is -0.157. The summed E-state index contributed by atoms with van der Waals surface area (Å²) < 4.78 is 5.12. The molecular weight excluding hydrogens is 256 g/mol. The smallest absolute Gasteiger partial charge is 0.249 e. The van der Waals surface area contributed by atoms with Crippen LogP contribution >= 0.6 is 0 Å². The van der Waals surface area contributed by atoms with E-state index in [1.165, 1.54) is 0 Å². The summed E-state index contributed by atoms with van der Waals surface area (Å²) in [5.74, 6) is 0.267. The molecule has 2 atom stereocenters. The van der Waals surface area contributed by atoms with Crippen molar-refractivity contribution in [2.24, 2.45) is 5.92 Å². The SMILES string of the molecule is CCC(C)C1C(=O)NC2(CCCC2)C(=O)N1CCOC. The predicted octanol–water partition coefficient (Wildman–Crippen LogP) is 1.32. The summed E-state index contributed by atoms with van der Waals surface area (Å²) in [5.41, 5.74) is -0.630. The third kappa shape index (κ3) is 2.55. The molecule has 2 amide bonds. The summed E-state index contributed by atoms with van der Waals surface area (Å²) in [4.78, 5) is 27.2. The highest BCUT2D eigenvalue weighted by atomic mass is 16.5. The molecule has 2 rings (SSSR count). The maximum absolute atomic E-state index is 12.9. The average molecular weight is 282 g/mol.